The number of rotatable bonds is 2. The highest BCUT2D eigenvalue weighted by Gasteiger charge is 2.26. The van der Waals surface area contributed by atoms with Gasteiger partial charge in [-0.2, -0.15) is 0 Å². The molecule has 22 heavy (non-hydrogen) atoms. The first-order valence-corrected chi connectivity index (χ1v) is 7.63. The molecule has 0 aliphatic heterocycles. The zero-order valence-electron chi connectivity index (χ0n) is 13.0. The summed E-state index contributed by atoms with van der Waals surface area (Å²) in [6, 6.07) is 13.2. The average Bonchev–Trinajstić information content (AvgIpc) is 2.88. The summed E-state index contributed by atoms with van der Waals surface area (Å²) in [4.78, 5) is 0. The molecule has 106 valence electrons. The minimum Gasteiger partial charge on any atom is -0.0984 e. The molecule has 0 saturated heterocycles. The minimum absolute atomic E-state index is 1.20. The maximum Gasteiger partial charge on any atom is -0.00262 e. The molecule has 0 N–H and O–H groups in total. The summed E-state index contributed by atoms with van der Waals surface area (Å²) in [5.41, 5.74) is 10.4. The summed E-state index contributed by atoms with van der Waals surface area (Å²) in [6.45, 7) is 12.4. The van der Waals surface area contributed by atoms with E-state index in [2.05, 4.69) is 63.4 Å². The van der Waals surface area contributed by atoms with Gasteiger partial charge >= 0.3 is 0 Å². The summed E-state index contributed by atoms with van der Waals surface area (Å²) in [5, 5.41) is 2.69. The fraction of sp³-hybridized carbons (Fsp3) is 0.0909. The first kappa shape index (κ1) is 13.1. The van der Waals surface area contributed by atoms with Crippen LogP contribution in [0.25, 0.3) is 45.2 Å². The van der Waals surface area contributed by atoms with E-state index < -0.39 is 0 Å². The quantitative estimate of drug-likeness (QED) is 0.399. The van der Waals surface area contributed by atoms with Crippen molar-refractivity contribution in [1.82, 2.24) is 0 Å². The van der Waals surface area contributed by atoms with Crippen LogP contribution in [0.2, 0.25) is 0 Å². The van der Waals surface area contributed by atoms with E-state index in [0.29, 0.717) is 0 Å². The van der Waals surface area contributed by atoms with Crippen LogP contribution in [0.4, 0.5) is 0 Å². The molecule has 0 heteroatoms. The van der Waals surface area contributed by atoms with Crippen molar-refractivity contribution < 1.29 is 0 Å². The van der Waals surface area contributed by atoms with Crippen molar-refractivity contribution in [3.8, 4) is 22.3 Å². The summed E-state index contributed by atoms with van der Waals surface area (Å²) in [5.74, 6) is 0. The van der Waals surface area contributed by atoms with Gasteiger partial charge in [0.1, 0.15) is 0 Å². The molecule has 0 atom stereocenters. The molecule has 1 aliphatic rings. The van der Waals surface area contributed by atoms with E-state index in [1.165, 1.54) is 55.3 Å². The van der Waals surface area contributed by atoms with Crippen LogP contribution < -0.4 is 0 Å². The Morgan fingerprint density at radius 1 is 0.727 bits per heavy atom. The van der Waals surface area contributed by atoms with Crippen LogP contribution in [-0.2, 0) is 0 Å². The predicted molar refractivity (Wildman–Crippen MR) is 98.0 cm³/mol. The van der Waals surface area contributed by atoms with Gasteiger partial charge in [0.15, 0.2) is 0 Å². The maximum absolute atomic E-state index is 4.02. The second-order valence-corrected chi connectivity index (χ2v) is 5.94. The zero-order valence-corrected chi connectivity index (χ0v) is 13.0. The molecule has 0 bridgehead atoms. The van der Waals surface area contributed by atoms with Crippen molar-refractivity contribution in [2.45, 2.75) is 13.8 Å². The Balaban J connectivity index is 2.29. The highest BCUT2D eigenvalue weighted by atomic mass is 14.3. The molecule has 0 saturated carbocycles. The van der Waals surface area contributed by atoms with Crippen LogP contribution in [0.5, 0.6) is 0 Å². The molecule has 3 aromatic carbocycles. The van der Waals surface area contributed by atoms with Crippen molar-refractivity contribution in [2.75, 3.05) is 0 Å². The summed E-state index contributed by atoms with van der Waals surface area (Å²) in [7, 11) is 0. The highest BCUT2D eigenvalue weighted by Crippen LogP contribution is 2.51. The summed E-state index contributed by atoms with van der Waals surface area (Å²) in [6.07, 6.45) is 3.92. The average molecular weight is 282 g/mol. The fourth-order valence-corrected chi connectivity index (χ4v) is 4.01. The van der Waals surface area contributed by atoms with Gasteiger partial charge in [-0.3, -0.25) is 0 Å². The lowest BCUT2D eigenvalue weighted by Gasteiger charge is -2.17. The monoisotopic (exact) mass is 282 g/mol. The lowest BCUT2D eigenvalue weighted by atomic mass is 9.86. The SMILES string of the molecule is C=Cc1c(C)c2c(c(C)c1C=C)-c1cccc3cccc-2c13. The number of benzene rings is 3. The number of hydrogen-bond acceptors (Lipinski definition) is 0. The van der Waals surface area contributed by atoms with Crippen molar-refractivity contribution in [3.63, 3.8) is 0 Å². The number of fused-ring (bicyclic) bond motifs is 3. The van der Waals surface area contributed by atoms with Gasteiger partial charge in [0.2, 0.25) is 0 Å². The molecule has 0 nitrogen and oxygen atoms in total. The molecular formula is C22H18. The van der Waals surface area contributed by atoms with E-state index in [1.54, 1.807) is 0 Å². The third-order valence-corrected chi connectivity index (χ3v) is 4.95. The van der Waals surface area contributed by atoms with Crippen LogP contribution >= 0.6 is 0 Å². The first-order valence-electron chi connectivity index (χ1n) is 7.63. The number of hydrogen-bond donors (Lipinski definition) is 0. The molecule has 0 radical (unpaired) electrons. The van der Waals surface area contributed by atoms with Crippen LogP contribution in [0.1, 0.15) is 22.3 Å². The van der Waals surface area contributed by atoms with Gasteiger partial charge in [-0.15, -0.1) is 0 Å². The highest BCUT2D eigenvalue weighted by molar-refractivity contribution is 6.17. The van der Waals surface area contributed by atoms with Crippen LogP contribution in [-0.4, -0.2) is 0 Å². The Labute approximate surface area is 131 Å². The Morgan fingerprint density at radius 3 is 1.59 bits per heavy atom. The molecule has 0 amide bonds. The zero-order chi connectivity index (χ0) is 15.4. The van der Waals surface area contributed by atoms with Gasteiger partial charge < -0.3 is 0 Å². The molecule has 1 aliphatic carbocycles. The van der Waals surface area contributed by atoms with Crippen molar-refractivity contribution >= 4 is 22.9 Å². The van der Waals surface area contributed by atoms with Gasteiger partial charge in [0, 0.05) is 0 Å². The van der Waals surface area contributed by atoms with Crippen LogP contribution in [0.3, 0.4) is 0 Å². The first-order chi connectivity index (χ1) is 10.7. The smallest absolute Gasteiger partial charge is 0.00262 e. The van der Waals surface area contributed by atoms with E-state index >= 15 is 0 Å². The van der Waals surface area contributed by atoms with E-state index in [-0.39, 0.29) is 0 Å². The van der Waals surface area contributed by atoms with Gasteiger partial charge in [-0.25, -0.2) is 0 Å². The lowest BCUT2D eigenvalue weighted by Crippen LogP contribution is -1.96. The third kappa shape index (κ3) is 1.42. The van der Waals surface area contributed by atoms with E-state index in [0.717, 1.165) is 0 Å². The molecule has 0 heterocycles. The third-order valence-electron chi connectivity index (χ3n) is 4.95. The van der Waals surface area contributed by atoms with Gasteiger partial charge in [-0.1, -0.05) is 61.7 Å². The molecule has 0 aromatic heterocycles. The van der Waals surface area contributed by atoms with E-state index in [4.69, 9.17) is 0 Å². The standard InChI is InChI=1S/C22H18/c1-5-16-13(3)20-18-11-7-9-15-10-8-12-19(22(15)18)21(20)14(4)17(16)6-2/h5-12H,1-2H2,3-4H3. The fourth-order valence-electron chi connectivity index (χ4n) is 4.01. The van der Waals surface area contributed by atoms with Gasteiger partial charge in [0.25, 0.3) is 0 Å². The maximum atomic E-state index is 4.02. The topological polar surface area (TPSA) is 0 Å². The molecule has 3 aromatic rings. The van der Waals surface area contributed by atoms with E-state index in [9.17, 15) is 0 Å². The molecule has 0 unspecified atom stereocenters. The molecular weight excluding hydrogens is 264 g/mol. The van der Waals surface area contributed by atoms with Gasteiger partial charge in [-0.05, 0) is 69.1 Å². The summed E-state index contributed by atoms with van der Waals surface area (Å²) >= 11 is 0. The van der Waals surface area contributed by atoms with Crippen molar-refractivity contribution in [3.05, 3.63) is 71.8 Å². The van der Waals surface area contributed by atoms with Crippen LogP contribution in [0.15, 0.2) is 49.6 Å². The van der Waals surface area contributed by atoms with E-state index in [1.807, 2.05) is 12.2 Å². The largest absolute Gasteiger partial charge is 0.0984 e. The molecule has 4 rings (SSSR count). The Morgan fingerprint density at radius 2 is 1.18 bits per heavy atom. The van der Waals surface area contributed by atoms with Crippen LogP contribution in [0, 0.1) is 13.8 Å². The lowest BCUT2D eigenvalue weighted by molar-refractivity contribution is 1.37. The Hall–Kier alpha value is -2.60. The molecule has 0 spiro atoms. The Bertz CT molecular complexity index is 895. The minimum atomic E-state index is 1.20. The predicted octanol–water partition coefficient (Wildman–Crippen LogP) is 6.39. The summed E-state index contributed by atoms with van der Waals surface area (Å²) < 4.78 is 0. The second kappa shape index (κ2) is 4.45. The Kier molecular flexibility index (Phi) is 2.65. The van der Waals surface area contributed by atoms with Crippen molar-refractivity contribution in [2.24, 2.45) is 0 Å². The van der Waals surface area contributed by atoms with Crippen molar-refractivity contribution in [1.29, 1.82) is 0 Å². The second-order valence-electron chi connectivity index (χ2n) is 5.94. The normalized spacial score (nSPS) is 11.5. The van der Waals surface area contributed by atoms with Gasteiger partial charge in [0.05, 0.1) is 0 Å². The molecule has 0 fully saturated rings.